The topological polar surface area (TPSA) is 55.4 Å². The predicted molar refractivity (Wildman–Crippen MR) is 99.6 cm³/mol. The standard InChI is InChI=1S/C21H22O6/c1-5-6-24-17-10-15-14(9-16(17)22-3)12(2)20(27-15)13-7-18(23-4)21-19(8-13)25-11-26-21/h5,7-10,12,20H,1,6,11H2,2-4H3/t12-,20-/m0/s1. The summed E-state index contributed by atoms with van der Waals surface area (Å²) >= 11 is 0. The molecule has 0 unspecified atom stereocenters. The Morgan fingerprint density at radius 3 is 2.59 bits per heavy atom. The van der Waals surface area contributed by atoms with E-state index in [0.29, 0.717) is 35.4 Å². The minimum atomic E-state index is -0.178. The van der Waals surface area contributed by atoms with E-state index in [2.05, 4.69) is 13.5 Å². The van der Waals surface area contributed by atoms with Crippen molar-refractivity contribution >= 4 is 0 Å². The van der Waals surface area contributed by atoms with Crippen LogP contribution in [-0.2, 0) is 0 Å². The van der Waals surface area contributed by atoms with Crippen LogP contribution in [-0.4, -0.2) is 27.6 Å². The van der Waals surface area contributed by atoms with Gasteiger partial charge in [-0.2, -0.15) is 0 Å². The van der Waals surface area contributed by atoms with Crippen LogP contribution in [0.3, 0.4) is 0 Å². The second-order valence-electron chi connectivity index (χ2n) is 6.42. The molecule has 0 radical (unpaired) electrons. The smallest absolute Gasteiger partial charge is 0.231 e. The number of fused-ring (bicyclic) bond motifs is 2. The maximum atomic E-state index is 6.27. The monoisotopic (exact) mass is 370 g/mol. The first-order chi connectivity index (χ1) is 13.2. The third-order valence-corrected chi connectivity index (χ3v) is 4.86. The second-order valence-corrected chi connectivity index (χ2v) is 6.42. The Morgan fingerprint density at radius 2 is 1.85 bits per heavy atom. The SMILES string of the molecule is C=CCOc1cc2c(cc1OC)[C@H](C)[C@@H](c1cc(OC)c3c(c1)OCO3)O2. The molecule has 6 heteroatoms. The molecule has 2 aromatic carbocycles. The molecule has 6 nitrogen and oxygen atoms in total. The van der Waals surface area contributed by atoms with Crippen LogP contribution in [0.2, 0.25) is 0 Å². The summed E-state index contributed by atoms with van der Waals surface area (Å²) in [5, 5.41) is 0. The maximum Gasteiger partial charge on any atom is 0.231 e. The zero-order chi connectivity index (χ0) is 19.0. The molecule has 0 saturated heterocycles. The number of ether oxygens (including phenoxy) is 6. The molecule has 0 fully saturated rings. The summed E-state index contributed by atoms with van der Waals surface area (Å²) in [6.45, 7) is 6.39. The molecule has 0 saturated carbocycles. The number of hydrogen-bond acceptors (Lipinski definition) is 6. The molecule has 4 rings (SSSR count). The Hall–Kier alpha value is -3.02. The zero-order valence-electron chi connectivity index (χ0n) is 15.6. The first-order valence-electron chi connectivity index (χ1n) is 8.76. The fraction of sp³-hybridized carbons (Fsp3) is 0.333. The second kappa shape index (κ2) is 6.95. The van der Waals surface area contributed by atoms with Crippen LogP contribution in [0.15, 0.2) is 36.9 Å². The first kappa shape index (κ1) is 17.4. The molecule has 142 valence electrons. The van der Waals surface area contributed by atoms with Gasteiger partial charge in [0, 0.05) is 23.1 Å². The van der Waals surface area contributed by atoms with Gasteiger partial charge in [-0.15, -0.1) is 0 Å². The Bertz CT molecular complexity index is 875. The molecule has 0 aromatic heterocycles. The summed E-state index contributed by atoms with van der Waals surface area (Å²) in [7, 11) is 3.24. The highest BCUT2D eigenvalue weighted by Crippen LogP contribution is 2.52. The molecular formula is C21H22O6. The third kappa shape index (κ3) is 2.91. The molecule has 2 aliphatic rings. The van der Waals surface area contributed by atoms with E-state index in [1.165, 1.54) is 0 Å². The van der Waals surface area contributed by atoms with E-state index < -0.39 is 0 Å². The summed E-state index contributed by atoms with van der Waals surface area (Å²) in [6.07, 6.45) is 1.51. The molecule has 0 amide bonds. The molecule has 0 N–H and O–H groups in total. The van der Waals surface area contributed by atoms with Crippen LogP contribution in [0.4, 0.5) is 0 Å². The van der Waals surface area contributed by atoms with Gasteiger partial charge in [-0.05, 0) is 18.2 Å². The molecule has 2 aromatic rings. The van der Waals surface area contributed by atoms with Gasteiger partial charge < -0.3 is 28.4 Å². The predicted octanol–water partition coefficient (Wildman–Crippen LogP) is 4.23. The number of methoxy groups -OCH3 is 2. The van der Waals surface area contributed by atoms with Gasteiger partial charge in [0.05, 0.1) is 14.2 Å². The van der Waals surface area contributed by atoms with E-state index in [1.54, 1.807) is 20.3 Å². The lowest BCUT2D eigenvalue weighted by Crippen LogP contribution is -2.07. The Balaban J connectivity index is 1.69. The maximum absolute atomic E-state index is 6.27. The van der Waals surface area contributed by atoms with Crippen molar-refractivity contribution in [1.29, 1.82) is 0 Å². The van der Waals surface area contributed by atoms with Crippen molar-refractivity contribution in [2.75, 3.05) is 27.6 Å². The van der Waals surface area contributed by atoms with Crippen LogP contribution < -0.4 is 28.4 Å². The molecule has 2 atom stereocenters. The van der Waals surface area contributed by atoms with Gasteiger partial charge in [0.2, 0.25) is 12.5 Å². The summed E-state index contributed by atoms with van der Waals surface area (Å²) < 4.78 is 33.9. The first-order valence-corrected chi connectivity index (χ1v) is 8.76. The molecule has 27 heavy (non-hydrogen) atoms. The van der Waals surface area contributed by atoms with Gasteiger partial charge in [0.1, 0.15) is 18.5 Å². The molecule has 0 spiro atoms. The number of hydrogen-bond donors (Lipinski definition) is 0. The van der Waals surface area contributed by atoms with E-state index >= 15 is 0 Å². The number of benzene rings is 2. The zero-order valence-corrected chi connectivity index (χ0v) is 15.6. The summed E-state index contributed by atoms with van der Waals surface area (Å²) in [5.74, 6) is 4.15. The van der Waals surface area contributed by atoms with Gasteiger partial charge in [-0.3, -0.25) is 0 Å². The van der Waals surface area contributed by atoms with Crippen molar-refractivity contribution in [2.24, 2.45) is 0 Å². The number of rotatable bonds is 6. The summed E-state index contributed by atoms with van der Waals surface area (Å²) in [5.41, 5.74) is 2.03. The van der Waals surface area contributed by atoms with Gasteiger partial charge in [0.15, 0.2) is 23.0 Å². The lowest BCUT2D eigenvalue weighted by Gasteiger charge is -2.17. The lowest BCUT2D eigenvalue weighted by molar-refractivity contribution is 0.171. The van der Waals surface area contributed by atoms with E-state index in [4.69, 9.17) is 28.4 Å². The minimum absolute atomic E-state index is 0.118. The fourth-order valence-electron chi connectivity index (χ4n) is 3.51. The van der Waals surface area contributed by atoms with E-state index in [9.17, 15) is 0 Å². The highest BCUT2D eigenvalue weighted by atomic mass is 16.7. The van der Waals surface area contributed by atoms with Crippen molar-refractivity contribution in [2.45, 2.75) is 18.9 Å². The van der Waals surface area contributed by atoms with Gasteiger partial charge >= 0.3 is 0 Å². The van der Waals surface area contributed by atoms with E-state index in [0.717, 1.165) is 16.9 Å². The Kier molecular flexibility index (Phi) is 4.48. The molecule has 2 heterocycles. The molecule has 2 aliphatic heterocycles. The summed E-state index contributed by atoms with van der Waals surface area (Å²) in [4.78, 5) is 0. The van der Waals surface area contributed by atoms with Crippen molar-refractivity contribution < 1.29 is 28.4 Å². The van der Waals surface area contributed by atoms with Crippen LogP contribution in [0.1, 0.15) is 30.1 Å². The van der Waals surface area contributed by atoms with Gasteiger partial charge in [-0.25, -0.2) is 0 Å². The van der Waals surface area contributed by atoms with Crippen molar-refractivity contribution in [3.8, 4) is 34.5 Å². The van der Waals surface area contributed by atoms with Crippen LogP contribution in [0.5, 0.6) is 34.5 Å². The van der Waals surface area contributed by atoms with E-state index in [-0.39, 0.29) is 18.8 Å². The Labute approximate surface area is 158 Å². The highest BCUT2D eigenvalue weighted by Gasteiger charge is 2.35. The third-order valence-electron chi connectivity index (χ3n) is 4.86. The lowest BCUT2D eigenvalue weighted by atomic mass is 9.92. The fourth-order valence-corrected chi connectivity index (χ4v) is 3.51. The summed E-state index contributed by atoms with van der Waals surface area (Å²) in [6, 6.07) is 7.73. The van der Waals surface area contributed by atoms with Crippen molar-refractivity contribution in [3.63, 3.8) is 0 Å². The molecular weight excluding hydrogens is 348 g/mol. The molecule has 0 bridgehead atoms. The normalized spacial score (nSPS) is 19.2. The Morgan fingerprint density at radius 1 is 1.04 bits per heavy atom. The van der Waals surface area contributed by atoms with Crippen LogP contribution >= 0.6 is 0 Å². The quantitative estimate of drug-likeness (QED) is 0.709. The average Bonchev–Trinajstić information content (AvgIpc) is 3.29. The largest absolute Gasteiger partial charge is 0.493 e. The minimum Gasteiger partial charge on any atom is -0.493 e. The van der Waals surface area contributed by atoms with Gasteiger partial charge in [-0.1, -0.05) is 19.6 Å². The van der Waals surface area contributed by atoms with Gasteiger partial charge in [0.25, 0.3) is 0 Å². The van der Waals surface area contributed by atoms with Crippen LogP contribution in [0, 0.1) is 0 Å². The highest BCUT2D eigenvalue weighted by molar-refractivity contribution is 5.58. The van der Waals surface area contributed by atoms with Crippen molar-refractivity contribution in [1.82, 2.24) is 0 Å². The van der Waals surface area contributed by atoms with Crippen molar-refractivity contribution in [3.05, 3.63) is 48.0 Å². The average molecular weight is 370 g/mol. The van der Waals surface area contributed by atoms with E-state index in [1.807, 2.05) is 24.3 Å². The molecule has 0 aliphatic carbocycles. The van der Waals surface area contributed by atoms with Crippen LogP contribution in [0.25, 0.3) is 0 Å².